The molecule has 1 N–H and O–H groups in total. The number of carbonyl (C=O) groups excluding carboxylic acids is 1. The van der Waals surface area contributed by atoms with Gasteiger partial charge in [-0.25, -0.2) is 0 Å². The van der Waals surface area contributed by atoms with Gasteiger partial charge in [0.2, 0.25) is 0 Å². The quantitative estimate of drug-likeness (QED) is 0.871. The molecule has 1 atom stereocenters. The van der Waals surface area contributed by atoms with Crippen molar-refractivity contribution in [2.24, 2.45) is 0 Å². The molecule has 0 bridgehead atoms. The summed E-state index contributed by atoms with van der Waals surface area (Å²) >= 11 is 3.39. The van der Waals surface area contributed by atoms with Crippen LogP contribution in [0, 0.1) is 0 Å². The van der Waals surface area contributed by atoms with Crippen molar-refractivity contribution >= 4 is 27.5 Å². The third-order valence-corrected chi connectivity index (χ3v) is 3.50. The summed E-state index contributed by atoms with van der Waals surface area (Å²) in [7, 11) is 0. The summed E-state index contributed by atoms with van der Waals surface area (Å²) in [5.74, 6) is -0.0312. The lowest BCUT2D eigenvalue weighted by atomic mass is 10.1. The van der Waals surface area contributed by atoms with E-state index in [-0.39, 0.29) is 12.0 Å². The van der Waals surface area contributed by atoms with Crippen LogP contribution in [0.3, 0.4) is 0 Å². The topological polar surface area (TPSA) is 38.3 Å². The number of ether oxygens (including phenoxy) is 1. The molecule has 1 unspecified atom stereocenters. The molecule has 3 nitrogen and oxygen atoms in total. The van der Waals surface area contributed by atoms with E-state index in [1.807, 2.05) is 24.3 Å². The number of nitrogens with one attached hydrogen (secondary N) is 1. The van der Waals surface area contributed by atoms with Crippen molar-refractivity contribution in [2.75, 3.05) is 11.9 Å². The van der Waals surface area contributed by atoms with E-state index in [1.54, 1.807) is 0 Å². The Labute approximate surface area is 110 Å². The molecule has 2 rings (SSSR count). The van der Waals surface area contributed by atoms with E-state index in [1.165, 1.54) is 5.56 Å². The second-order valence-corrected chi connectivity index (χ2v) is 4.74. The van der Waals surface area contributed by atoms with Crippen molar-refractivity contribution in [3.8, 4) is 0 Å². The molecule has 1 aliphatic rings. The molecular weight excluding hydrogens is 282 g/mol. The summed E-state index contributed by atoms with van der Waals surface area (Å²) in [6, 6.07) is 7.81. The number of carbonyl (C=O) groups is 1. The molecule has 0 spiro atoms. The average molecular weight is 298 g/mol. The summed E-state index contributed by atoms with van der Waals surface area (Å²) in [5.41, 5.74) is 2.02. The number of halogens is 1. The minimum absolute atomic E-state index is 0.0312. The fourth-order valence-electron chi connectivity index (χ4n) is 1.85. The lowest BCUT2D eigenvalue weighted by Gasteiger charge is -2.21. The van der Waals surface area contributed by atoms with Crippen molar-refractivity contribution in [3.05, 3.63) is 29.8 Å². The molecule has 1 amide bonds. The van der Waals surface area contributed by atoms with Crippen molar-refractivity contribution in [1.82, 2.24) is 0 Å². The number of hydrogen-bond donors (Lipinski definition) is 1. The van der Waals surface area contributed by atoms with Crippen LogP contribution in [0.25, 0.3) is 0 Å². The largest absolute Gasteiger partial charge is 0.368 e. The molecule has 1 aliphatic heterocycles. The van der Waals surface area contributed by atoms with Gasteiger partial charge in [-0.2, -0.15) is 0 Å². The molecule has 1 heterocycles. The molecule has 92 valence electrons. The lowest BCUT2D eigenvalue weighted by Crippen LogP contribution is -2.33. The van der Waals surface area contributed by atoms with Gasteiger partial charge in [0.25, 0.3) is 5.91 Å². The van der Waals surface area contributed by atoms with E-state index in [4.69, 9.17) is 4.74 Å². The van der Waals surface area contributed by atoms with E-state index in [9.17, 15) is 4.79 Å². The van der Waals surface area contributed by atoms with Crippen LogP contribution >= 0.6 is 15.9 Å². The molecule has 0 aliphatic carbocycles. The molecule has 0 radical (unpaired) electrons. The van der Waals surface area contributed by atoms with Crippen molar-refractivity contribution < 1.29 is 9.53 Å². The first kappa shape index (κ1) is 12.6. The van der Waals surface area contributed by atoms with E-state index in [0.717, 1.165) is 30.3 Å². The Morgan fingerprint density at radius 1 is 1.35 bits per heavy atom. The van der Waals surface area contributed by atoms with Gasteiger partial charge in [0.15, 0.2) is 0 Å². The molecule has 1 aromatic carbocycles. The second-order valence-electron chi connectivity index (χ2n) is 4.18. The Hall–Kier alpha value is -0.870. The molecule has 1 saturated heterocycles. The Morgan fingerprint density at radius 3 is 2.71 bits per heavy atom. The fourth-order valence-corrected chi connectivity index (χ4v) is 2.22. The van der Waals surface area contributed by atoms with Crippen molar-refractivity contribution in [1.29, 1.82) is 0 Å². The summed E-state index contributed by atoms with van der Waals surface area (Å²) in [5, 5.41) is 3.71. The van der Waals surface area contributed by atoms with Gasteiger partial charge >= 0.3 is 0 Å². The fraction of sp³-hybridized carbons (Fsp3) is 0.462. The normalized spacial score (nSPS) is 19.9. The molecule has 1 aromatic rings. The van der Waals surface area contributed by atoms with Crippen LogP contribution in [-0.4, -0.2) is 18.6 Å². The Bertz CT molecular complexity index is 372. The highest BCUT2D eigenvalue weighted by Crippen LogP contribution is 2.16. The average Bonchev–Trinajstić information content (AvgIpc) is 2.40. The number of amides is 1. The van der Waals surface area contributed by atoms with Crippen molar-refractivity contribution in [2.45, 2.75) is 30.7 Å². The van der Waals surface area contributed by atoms with Gasteiger partial charge in [-0.15, -0.1) is 0 Å². The standard InChI is InChI=1S/C13H16BrNO2/c14-9-10-4-6-11(7-5-10)15-13(16)12-3-1-2-8-17-12/h4-7,12H,1-3,8-9H2,(H,15,16). The van der Waals surface area contributed by atoms with E-state index in [0.29, 0.717) is 6.61 Å². The number of benzene rings is 1. The van der Waals surface area contributed by atoms with Gasteiger partial charge in [0.05, 0.1) is 0 Å². The second kappa shape index (κ2) is 6.17. The van der Waals surface area contributed by atoms with Gasteiger partial charge in [0, 0.05) is 17.6 Å². The van der Waals surface area contributed by atoms with E-state index >= 15 is 0 Å². The first-order chi connectivity index (χ1) is 8.29. The van der Waals surface area contributed by atoms with Crippen LogP contribution in [0.1, 0.15) is 24.8 Å². The monoisotopic (exact) mass is 297 g/mol. The van der Waals surface area contributed by atoms with Crippen LogP contribution in [0.15, 0.2) is 24.3 Å². The Balaban J connectivity index is 1.92. The van der Waals surface area contributed by atoms with Gasteiger partial charge in [0.1, 0.15) is 6.10 Å². The predicted octanol–water partition coefficient (Wildman–Crippen LogP) is 3.09. The zero-order valence-electron chi connectivity index (χ0n) is 9.62. The zero-order chi connectivity index (χ0) is 12.1. The predicted molar refractivity (Wildman–Crippen MR) is 71.3 cm³/mol. The minimum Gasteiger partial charge on any atom is -0.368 e. The van der Waals surface area contributed by atoms with Crippen LogP contribution in [0.5, 0.6) is 0 Å². The van der Waals surface area contributed by atoms with Crippen LogP contribution in [0.2, 0.25) is 0 Å². The van der Waals surface area contributed by atoms with Crippen LogP contribution in [-0.2, 0) is 14.9 Å². The summed E-state index contributed by atoms with van der Waals surface area (Å²) in [6.07, 6.45) is 2.68. The first-order valence-corrected chi connectivity index (χ1v) is 6.99. The maximum atomic E-state index is 11.9. The highest BCUT2D eigenvalue weighted by Gasteiger charge is 2.21. The molecule has 4 heteroatoms. The number of alkyl halides is 1. The highest BCUT2D eigenvalue weighted by molar-refractivity contribution is 9.08. The van der Waals surface area contributed by atoms with Gasteiger partial charge in [-0.1, -0.05) is 28.1 Å². The van der Waals surface area contributed by atoms with Gasteiger partial charge in [-0.05, 0) is 37.0 Å². The molecule has 17 heavy (non-hydrogen) atoms. The molecular formula is C13H16BrNO2. The van der Waals surface area contributed by atoms with E-state index < -0.39 is 0 Å². The zero-order valence-corrected chi connectivity index (χ0v) is 11.2. The summed E-state index contributed by atoms with van der Waals surface area (Å²) in [4.78, 5) is 11.9. The smallest absolute Gasteiger partial charge is 0.253 e. The molecule has 0 aromatic heterocycles. The first-order valence-electron chi connectivity index (χ1n) is 5.87. The summed E-state index contributed by atoms with van der Waals surface area (Å²) < 4.78 is 5.44. The third kappa shape index (κ3) is 3.54. The Morgan fingerprint density at radius 2 is 2.12 bits per heavy atom. The third-order valence-electron chi connectivity index (χ3n) is 2.85. The Kier molecular flexibility index (Phi) is 4.57. The number of anilines is 1. The molecule has 1 fully saturated rings. The van der Waals surface area contributed by atoms with Crippen molar-refractivity contribution in [3.63, 3.8) is 0 Å². The highest BCUT2D eigenvalue weighted by atomic mass is 79.9. The van der Waals surface area contributed by atoms with Crippen LogP contribution in [0.4, 0.5) is 5.69 Å². The maximum Gasteiger partial charge on any atom is 0.253 e. The van der Waals surface area contributed by atoms with Crippen LogP contribution < -0.4 is 5.32 Å². The molecule has 0 saturated carbocycles. The maximum absolute atomic E-state index is 11.9. The number of hydrogen-bond acceptors (Lipinski definition) is 2. The summed E-state index contributed by atoms with van der Waals surface area (Å²) in [6.45, 7) is 0.695. The SMILES string of the molecule is O=C(Nc1ccc(CBr)cc1)C1CCCCO1. The van der Waals surface area contributed by atoms with Gasteiger partial charge in [-0.3, -0.25) is 4.79 Å². The minimum atomic E-state index is -0.278. The lowest BCUT2D eigenvalue weighted by molar-refractivity contribution is -0.129. The number of rotatable bonds is 3. The van der Waals surface area contributed by atoms with E-state index in [2.05, 4.69) is 21.2 Å². The van der Waals surface area contributed by atoms with Gasteiger partial charge < -0.3 is 10.1 Å².